The van der Waals surface area contributed by atoms with Gasteiger partial charge in [0.25, 0.3) is 5.91 Å². The number of aromatic nitrogens is 1. The lowest BCUT2D eigenvalue weighted by Crippen LogP contribution is -2.62. The number of nitrogens with zero attached hydrogens (tertiary/aromatic N) is 3. The number of pyridine rings is 1. The summed E-state index contributed by atoms with van der Waals surface area (Å²) in [5.74, 6) is -0.491. The molecule has 1 aromatic rings. The SMILES string of the molecule is CN1CC2(CCC[C@@H]2N2CCc3cc(C(=O)NO)cnc3C2)C1. The lowest BCUT2D eigenvalue weighted by Gasteiger charge is -2.53. The van der Waals surface area contributed by atoms with Crippen molar-refractivity contribution in [2.75, 3.05) is 26.7 Å². The van der Waals surface area contributed by atoms with Crippen molar-refractivity contribution >= 4 is 5.91 Å². The van der Waals surface area contributed by atoms with Crippen LogP contribution in [0.2, 0.25) is 0 Å². The Bertz CT molecular complexity index is 627. The minimum atomic E-state index is -0.491. The Kier molecular flexibility index (Phi) is 3.63. The standard InChI is InChI=1S/C17H24N4O2/c1-20-10-17(11-20)5-2-3-15(17)21-6-4-12-7-13(16(22)19-23)8-18-14(12)9-21/h7-8,15,23H,2-6,9-11H2,1H3,(H,19,22)/t15-/m0/s1. The number of hydrogen-bond donors (Lipinski definition) is 2. The third kappa shape index (κ3) is 2.45. The molecule has 1 saturated carbocycles. The number of rotatable bonds is 2. The second-order valence-electron chi connectivity index (χ2n) is 7.43. The quantitative estimate of drug-likeness (QED) is 0.630. The number of likely N-dealkylation sites (tertiary alicyclic amines) is 1. The molecule has 3 heterocycles. The van der Waals surface area contributed by atoms with Gasteiger partial charge in [-0.25, -0.2) is 5.48 Å². The first-order valence-corrected chi connectivity index (χ1v) is 8.46. The summed E-state index contributed by atoms with van der Waals surface area (Å²) in [5, 5.41) is 8.75. The maximum absolute atomic E-state index is 11.5. The monoisotopic (exact) mass is 316 g/mol. The van der Waals surface area contributed by atoms with Gasteiger partial charge in [-0.2, -0.15) is 0 Å². The van der Waals surface area contributed by atoms with Crippen molar-refractivity contribution in [2.45, 2.75) is 38.3 Å². The number of fused-ring (bicyclic) bond motifs is 1. The highest BCUT2D eigenvalue weighted by atomic mass is 16.5. The smallest absolute Gasteiger partial charge is 0.276 e. The lowest BCUT2D eigenvalue weighted by atomic mass is 9.74. The Morgan fingerprint density at radius 3 is 3.04 bits per heavy atom. The van der Waals surface area contributed by atoms with Gasteiger partial charge < -0.3 is 4.90 Å². The molecule has 23 heavy (non-hydrogen) atoms. The third-order valence-corrected chi connectivity index (χ3v) is 5.91. The zero-order valence-electron chi connectivity index (χ0n) is 13.6. The van der Waals surface area contributed by atoms with Gasteiger partial charge in [-0.15, -0.1) is 0 Å². The summed E-state index contributed by atoms with van der Waals surface area (Å²) in [6.45, 7) is 4.37. The highest BCUT2D eigenvalue weighted by molar-refractivity contribution is 5.93. The second-order valence-corrected chi connectivity index (χ2v) is 7.43. The molecule has 1 aliphatic carbocycles. The van der Waals surface area contributed by atoms with Crippen molar-refractivity contribution in [1.82, 2.24) is 20.3 Å². The maximum atomic E-state index is 11.5. The summed E-state index contributed by atoms with van der Waals surface area (Å²) in [6.07, 6.45) is 6.49. The van der Waals surface area contributed by atoms with E-state index in [9.17, 15) is 4.79 Å². The van der Waals surface area contributed by atoms with Crippen LogP contribution in [0.15, 0.2) is 12.3 Å². The summed E-state index contributed by atoms with van der Waals surface area (Å²) in [6, 6.07) is 2.54. The van der Waals surface area contributed by atoms with Crippen LogP contribution in [0.4, 0.5) is 0 Å². The van der Waals surface area contributed by atoms with E-state index >= 15 is 0 Å². The van der Waals surface area contributed by atoms with E-state index in [0.717, 1.165) is 30.8 Å². The molecule has 1 atom stereocenters. The molecule has 0 bridgehead atoms. The molecule has 0 unspecified atom stereocenters. The number of hydrogen-bond acceptors (Lipinski definition) is 5. The zero-order valence-corrected chi connectivity index (χ0v) is 13.6. The van der Waals surface area contributed by atoms with E-state index in [-0.39, 0.29) is 0 Å². The van der Waals surface area contributed by atoms with Gasteiger partial charge in [0, 0.05) is 43.8 Å². The van der Waals surface area contributed by atoms with E-state index in [0.29, 0.717) is 17.0 Å². The number of carbonyl (C=O) groups excluding carboxylic acids is 1. The Morgan fingerprint density at radius 2 is 2.30 bits per heavy atom. The van der Waals surface area contributed by atoms with Crippen molar-refractivity contribution in [3.63, 3.8) is 0 Å². The van der Waals surface area contributed by atoms with Gasteiger partial charge in [0.15, 0.2) is 0 Å². The van der Waals surface area contributed by atoms with Crippen molar-refractivity contribution in [3.05, 3.63) is 29.1 Å². The highest BCUT2D eigenvalue weighted by Crippen LogP contribution is 2.48. The Balaban J connectivity index is 1.52. The van der Waals surface area contributed by atoms with Gasteiger partial charge in [0.1, 0.15) is 0 Å². The largest absolute Gasteiger partial charge is 0.305 e. The van der Waals surface area contributed by atoms with E-state index in [2.05, 4.69) is 21.8 Å². The normalized spacial score (nSPS) is 26.8. The molecule has 1 saturated heterocycles. The zero-order chi connectivity index (χ0) is 16.0. The van der Waals surface area contributed by atoms with E-state index in [1.165, 1.54) is 32.4 Å². The van der Waals surface area contributed by atoms with Crippen LogP contribution in [0.3, 0.4) is 0 Å². The van der Waals surface area contributed by atoms with Crippen LogP contribution in [0.25, 0.3) is 0 Å². The molecule has 1 aromatic heterocycles. The van der Waals surface area contributed by atoms with Crippen LogP contribution in [-0.2, 0) is 13.0 Å². The summed E-state index contributed by atoms with van der Waals surface area (Å²) in [5.41, 5.74) is 4.83. The van der Waals surface area contributed by atoms with Gasteiger partial charge in [0.2, 0.25) is 0 Å². The summed E-state index contributed by atoms with van der Waals surface area (Å²) < 4.78 is 0. The molecule has 0 aromatic carbocycles. The average molecular weight is 316 g/mol. The van der Waals surface area contributed by atoms with Crippen LogP contribution >= 0.6 is 0 Å². The lowest BCUT2D eigenvalue weighted by molar-refractivity contribution is -0.0422. The van der Waals surface area contributed by atoms with Gasteiger partial charge in [-0.3, -0.25) is 19.9 Å². The van der Waals surface area contributed by atoms with Crippen LogP contribution in [0, 0.1) is 5.41 Å². The summed E-state index contributed by atoms with van der Waals surface area (Å²) in [7, 11) is 2.21. The first kappa shape index (κ1) is 15.1. The number of carbonyl (C=O) groups is 1. The predicted molar refractivity (Wildman–Crippen MR) is 85.2 cm³/mol. The second kappa shape index (κ2) is 5.54. The Labute approximate surface area is 136 Å². The molecule has 0 radical (unpaired) electrons. The maximum Gasteiger partial charge on any atom is 0.276 e. The number of hydroxylamine groups is 1. The molecule has 1 amide bonds. The van der Waals surface area contributed by atoms with E-state index < -0.39 is 5.91 Å². The van der Waals surface area contributed by atoms with E-state index in [4.69, 9.17) is 5.21 Å². The summed E-state index contributed by atoms with van der Waals surface area (Å²) >= 11 is 0. The topological polar surface area (TPSA) is 68.7 Å². The fourth-order valence-electron chi connectivity index (χ4n) is 4.98. The molecule has 1 spiro atoms. The van der Waals surface area contributed by atoms with Crippen molar-refractivity contribution in [1.29, 1.82) is 0 Å². The van der Waals surface area contributed by atoms with E-state index in [1.54, 1.807) is 11.7 Å². The van der Waals surface area contributed by atoms with Crippen LogP contribution in [0.1, 0.15) is 40.9 Å². The third-order valence-electron chi connectivity index (χ3n) is 5.91. The molecular formula is C17H24N4O2. The van der Waals surface area contributed by atoms with Crippen molar-refractivity contribution in [2.24, 2.45) is 5.41 Å². The molecule has 124 valence electrons. The molecule has 6 heteroatoms. The minimum Gasteiger partial charge on any atom is -0.305 e. The molecule has 2 N–H and O–H groups in total. The average Bonchev–Trinajstić information content (AvgIpc) is 2.97. The highest BCUT2D eigenvalue weighted by Gasteiger charge is 2.52. The van der Waals surface area contributed by atoms with Gasteiger partial charge in [0.05, 0.1) is 11.3 Å². The molecule has 2 aliphatic heterocycles. The summed E-state index contributed by atoms with van der Waals surface area (Å²) in [4.78, 5) is 21.0. The molecule has 4 rings (SSSR count). The Hall–Kier alpha value is -1.50. The predicted octanol–water partition coefficient (Wildman–Crippen LogP) is 1.04. The van der Waals surface area contributed by atoms with Crippen molar-refractivity contribution in [3.8, 4) is 0 Å². The first-order valence-electron chi connectivity index (χ1n) is 8.46. The van der Waals surface area contributed by atoms with Gasteiger partial charge in [-0.05, 0) is 37.9 Å². The Morgan fingerprint density at radius 1 is 1.48 bits per heavy atom. The fourth-order valence-corrected chi connectivity index (χ4v) is 4.98. The molecule has 6 nitrogen and oxygen atoms in total. The molecule has 3 aliphatic rings. The van der Waals surface area contributed by atoms with Gasteiger partial charge in [-0.1, -0.05) is 6.42 Å². The van der Waals surface area contributed by atoms with Crippen molar-refractivity contribution < 1.29 is 10.0 Å². The minimum absolute atomic E-state index is 0.428. The number of amides is 1. The molecule has 2 fully saturated rings. The van der Waals surface area contributed by atoms with E-state index in [1.807, 2.05) is 6.07 Å². The van der Waals surface area contributed by atoms with Crippen LogP contribution in [0.5, 0.6) is 0 Å². The number of nitrogens with one attached hydrogen (secondary N) is 1. The first-order chi connectivity index (χ1) is 11.1. The van der Waals surface area contributed by atoms with Crippen LogP contribution in [-0.4, -0.2) is 58.6 Å². The fraction of sp³-hybridized carbons (Fsp3) is 0.647. The molecular weight excluding hydrogens is 292 g/mol. The van der Waals surface area contributed by atoms with Gasteiger partial charge >= 0.3 is 0 Å². The van der Waals surface area contributed by atoms with Crippen LogP contribution < -0.4 is 5.48 Å².